The first-order valence-corrected chi connectivity index (χ1v) is 6.00. The number of rotatable bonds is 5. The summed E-state index contributed by atoms with van der Waals surface area (Å²) >= 11 is 0. The fourth-order valence-corrected chi connectivity index (χ4v) is 1.94. The Morgan fingerprint density at radius 3 is 2.28 bits per heavy atom. The van der Waals surface area contributed by atoms with Gasteiger partial charge in [0.1, 0.15) is 0 Å². The van der Waals surface area contributed by atoms with Crippen molar-refractivity contribution in [3.05, 3.63) is 35.4 Å². The van der Waals surface area contributed by atoms with Gasteiger partial charge in [0.15, 0.2) is 0 Å². The van der Waals surface area contributed by atoms with Crippen molar-refractivity contribution in [2.24, 2.45) is 0 Å². The predicted octanol–water partition coefficient (Wildman–Crippen LogP) is 2.75. The Kier molecular flexibility index (Phi) is 3.92. The van der Waals surface area contributed by atoms with Gasteiger partial charge in [-0.05, 0) is 29.9 Å². The van der Waals surface area contributed by atoms with Gasteiger partial charge in [-0.2, -0.15) is 13.2 Å². The summed E-state index contributed by atoms with van der Waals surface area (Å²) in [4.78, 5) is 0. The number of hydrogen-bond acceptors (Lipinski definition) is 2. The van der Waals surface area contributed by atoms with Crippen LogP contribution in [-0.2, 0) is 0 Å². The van der Waals surface area contributed by atoms with Crippen LogP contribution < -0.4 is 5.32 Å². The van der Waals surface area contributed by atoms with E-state index in [-0.39, 0.29) is 6.61 Å². The van der Waals surface area contributed by atoms with Crippen molar-refractivity contribution in [1.29, 1.82) is 0 Å². The monoisotopic (exact) mass is 259 g/mol. The molecule has 1 aromatic carbocycles. The molecule has 0 spiro atoms. The zero-order valence-electron chi connectivity index (χ0n) is 9.87. The summed E-state index contributed by atoms with van der Waals surface area (Å²) < 4.78 is 36.3. The first kappa shape index (κ1) is 13.4. The van der Waals surface area contributed by atoms with Gasteiger partial charge in [-0.3, -0.25) is 5.32 Å². The topological polar surface area (TPSA) is 32.3 Å². The third-order valence-corrected chi connectivity index (χ3v) is 3.12. The number of aliphatic hydroxyl groups excluding tert-OH is 1. The Hall–Kier alpha value is -1.07. The van der Waals surface area contributed by atoms with Crippen LogP contribution in [0.3, 0.4) is 0 Å². The number of nitrogens with one attached hydrogen (secondary N) is 1. The lowest BCUT2D eigenvalue weighted by Crippen LogP contribution is -2.33. The van der Waals surface area contributed by atoms with E-state index in [0.717, 1.165) is 0 Å². The second-order valence-corrected chi connectivity index (χ2v) is 4.67. The van der Waals surface area contributed by atoms with Crippen molar-refractivity contribution < 1.29 is 18.3 Å². The molecule has 1 atom stereocenters. The molecule has 100 valence electrons. The molecule has 1 fully saturated rings. The first-order valence-electron chi connectivity index (χ1n) is 6.00. The van der Waals surface area contributed by atoms with Crippen LogP contribution in [0.15, 0.2) is 24.3 Å². The molecular formula is C13H16F3NO. The number of alkyl halides is 3. The van der Waals surface area contributed by atoms with Gasteiger partial charge in [0.2, 0.25) is 0 Å². The molecule has 5 heteroatoms. The molecule has 1 saturated carbocycles. The molecule has 1 aliphatic rings. The highest BCUT2D eigenvalue weighted by Crippen LogP contribution is 2.40. The Balaban J connectivity index is 1.98. The first-order chi connectivity index (χ1) is 8.49. The maximum Gasteiger partial charge on any atom is 0.401 e. The van der Waals surface area contributed by atoms with Gasteiger partial charge in [-0.15, -0.1) is 0 Å². The van der Waals surface area contributed by atoms with Gasteiger partial charge in [-0.1, -0.05) is 24.3 Å². The third-order valence-electron chi connectivity index (χ3n) is 3.12. The molecule has 0 bridgehead atoms. The van der Waals surface area contributed by atoms with Crippen LogP contribution in [0, 0.1) is 0 Å². The van der Waals surface area contributed by atoms with E-state index in [0.29, 0.717) is 11.5 Å². The van der Waals surface area contributed by atoms with Crippen molar-refractivity contribution in [3.8, 4) is 0 Å². The second kappa shape index (κ2) is 5.28. The minimum absolute atomic E-state index is 0.348. The Labute approximate surface area is 104 Å². The van der Waals surface area contributed by atoms with Crippen LogP contribution in [0.2, 0.25) is 0 Å². The summed E-state index contributed by atoms with van der Waals surface area (Å²) in [5.74, 6) is 0.620. The quantitative estimate of drug-likeness (QED) is 0.852. The van der Waals surface area contributed by atoms with Gasteiger partial charge < -0.3 is 5.11 Å². The molecule has 2 N–H and O–H groups in total. The molecule has 0 aromatic heterocycles. The second-order valence-electron chi connectivity index (χ2n) is 4.67. The van der Waals surface area contributed by atoms with E-state index in [1.807, 2.05) is 12.1 Å². The zero-order valence-corrected chi connectivity index (χ0v) is 9.87. The van der Waals surface area contributed by atoms with Gasteiger partial charge in [0.25, 0.3) is 0 Å². The number of benzene rings is 1. The van der Waals surface area contributed by atoms with E-state index in [2.05, 4.69) is 5.32 Å². The largest absolute Gasteiger partial charge is 0.401 e. The lowest BCUT2D eigenvalue weighted by molar-refractivity contribution is -0.126. The lowest BCUT2D eigenvalue weighted by Gasteiger charge is -2.18. The minimum atomic E-state index is -4.26. The summed E-state index contributed by atoms with van der Waals surface area (Å²) in [6, 6.07) is 6.78. The highest BCUT2D eigenvalue weighted by Gasteiger charge is 2.28. The average Bonchev–Trinajstić information content (AvgIpc) is 3.13. The zero-order chi connectivity index (χ0) is 13.2. The smallest absolute Gasteiger partial charge is 0.394 e. The van der Waals surface area contributed by atoms with Gasteiger partial charge in [0.05, 0.1) is 19.2 Å². The molecule has 0 aliphatic heterocycles. The molecule has 1 aromatic rings. The summed E-state index contributed by atoms with van der Waals surface area (Å²) in [7, 11) is 0. The highest BCUT2D eigenvalue weighted by molar-refractivity contribution is 5.29. The van der Waals surface area contributed by atoms with Crippen molar-refractivity contribution in [2.75, 3.05) is 13.2 Å². The van der Waals surface area contributed by atoms with Gasteiger partial charge >= 0.3 is 6.18 Å². The molecule has 0 amide bonds. The third kappa shape index (κ3) is 3.71. The van der Waals surface area contributed by atoms with E-state index in [9.17, 15) is 13.2 Å². The molecule has 1 aliphatic carbocycles. The van der Waals surface area contributed by atoms with Crippen molar-refractivity contribution in [1.82, 2.24) is 5.32 Å². The van der Waals surface area contributed by atoms with E-state index in [1.54, 1.807) is 12.1 Å². The van der Waals surface area contributed by atoms with E-state index >= 15 is 0 Å². The fraction of sp³-hybridized carbons (Fsp3) is 0.538. The molecule has 1 unspecified atom stereocenters. The maximum atomic E-state index is 12.1. The fourth-order valence-electron chi connectivity index (χ4n) is 1.94. The predicted molar refractivity (Wildman–Crippen MR) is 62.3 cm³/mol. The molecule has 2 rings (SSSR count). The van der Waals surface area contributed by atoms with Crippen LogP contribution in [0.25, 0.3) is 0 Å². The molecular weight excluding hydrogens is 243 g/mol. The normalized spacial score (nSPS) is 17.8. The van der Waals surface area contributed by atoms with Crippen molar-refractivity contribution in [2.45, 2.75) is 31.0 Å². The van der Waals surface area contributed by atoms with Crippen LogP contribution in [0.4, 0.5) is 13.2 Å². The van der Waals surface area contributed by atoms with Crippen LogP contribution >= 0.6 is 0 Å². The lowest BCUT2D eigenvalue weighted by atomic mass is 10.0. The highest BCUT2D eigenvalue weighted by atomic mass is 19.4. The molecule has 2 nitrogen and oxygen atoms in total. The van der Waals surface area contributed by atoms with Gasteiger partial charge in [-0.25, -0.2) is 0 Å². The molecule has 0 heterocycles. The summed E-state index contributed by atoms with van der Waals surface area (Å²) in [6.45, 7) is -1.44. The minimum Gasteiger partial charge on any atom is -0.394 e. The van der Waals surface area contributed by atoms with Gasteiger partial charge in [0, 0.05) is 0 Å². The molecule has 0 saturated heterocycles. The van der Waals surface area contributed by atoms with Crippen molar-refractivity contribution in [3.63, 3.8) is 0 Å². The average molecular weight is 259 g/mol. The van der Waals surface area contributed by atoms with E-state index < -0.39 is 18.8 Å². The Bertz CT molecular complexity index is 384. The number of halogens is 3. The van der Waals surface area contributed by atoms with E-state index in [1.165, 1.54) is 18.4 Å². The standard InChI is InChI=1S/C13H16F3NO/c14-13(15,16)8-17-12(7-18)11-5-3-10(4-6-11)9-1-2-9/h3-6,9,12,17-18H,1-2,7-8H2. The summed E-state index contributed by atoms with van der Waals surface area (Å²) in [5.41, 5.74) is 1.91. The molecule has 18 heavy (non-hydrogen) atoms. The summed E-state index contributed by atoms with van der Waals surface area (Å²) in [6.07, 6.45) is -1.88. The Morgan fingerprint density at radius 2 is 1.83 bits per heavy atom. The molecule has 0 radical (unpaired) electrons. The van der Waals surface area contributed by atoms with Crippen LogP contribution in [0.5, 0.6) is 0 Å². The summed E-state index contributed by atoms with van der Waals surface area (Å²) in [5, 5.41) is 11.5. The van der Waals surface area contributed by atoms with E-state index in [4.69, 9.17) is 5.11 Å². The number of hydrogen-bond donors (Lipinski definition) is 2. The maximum absolute atomic E-state index is 12.1. The Morgan fingerprint density at radius 1 is 1.22 bits per heavy atom. The van der Waals surface area contributed by atoms with Crippen LogP contribution in [0.1, 0.15) is 35.9 Å². The number of aliphatic hydroxyl groups is 1. The van der Waals surface area contributed by atoms with Crippen LogP contribution in [-0.4, -0.2) is 24.4 Å². The SMILES string of the molecule is OCC(NCC(F)(F)F)c1ccc(C2CC2)cc1. The van der Waals surface area contributed by atoms with Crippen molar-refractivity contribution >= 4 is 0 Å².